The van der Waals surface area contributed by atoms with Gasteiger partial charge in [0.2, 0.25) is 0 Å². The van der Waals surface area contributed by atoms with E-state index in [-0.39, 0.29) is 41.5 Å². The number of methoxy groups -OCH3 is 2. The van der Waals surface area contributed by atoms with Gasteiger partial charge in [0.25, 0.3) is 0 Å². The number of benzene rings is 1. The van der Waals surface area contributed by atoms with Crippen LogP contribution < -0.4 is 20.5 Å². The molecule has 11 heteroatoms. The second-order valence-corrected chi connectivity index (χ2v) is 5.46. The molecule has 2 aromatic rings. The number of nitrogens with two attached hydrogens (primary N) is 1. The van der Waals surface area contributed by atoms with Crippen LogP contribution in [0.5, 0.6) is 11.5 Å². The number of guanidine groups is 1. The number of hydrogen-bond acceptors (Lipinski definition) is 5. The number of anilines is 1. The zero-order chi connectivity index (χ0) is 17.7. The molecule has 3 N–H and O–H groups in total. The average molecular weight is 488 g/mol. The fraction of sp³-hybridized carbons (Fsp3) is 0.286. The van der Waals surface area contributed by atoms with E-state index in [0.29, 0.717) is 17.2 Å². The fourth-order valence-corrected chi connectivity index (χ4v) is 2.49. The molecule has 1 aromatic carbocycles. The minimum absolute atomic E-state index is 0. The fourth-order valence-electron chi connectivity index (χ4n) is 1.77. The molecule has 25 heavy (non-hydrogen) atoms. The van der Waals surface area contributed by atoms with Gasteiger partial charge >= 0.3 is 6.18 Å². The van der Waals surface area contributed by atoms with E-state index in [1.54, 1.807) is 18.2 Å². The summed E-state index contributed by atoms with van der Waals surface area (Å²) in [6.07, 6.45) is -4.46. The molecule has 0 spiro atoms. The van der Waals surface area contributed by atoms with E-state index >= 15 is 0 Å². The van der Waals surface area contributed by atoms with Gasteiger partial charge in [0.05, 0.1) is 20.8 Å². The zero-order valence-electron chi connectivity index (χ0n) is 13.3. The molecule has 138 valence electrons. The summed E-state index contributed by atoms with van der Waals surface area (Å²) in [5.74, 6) is 1.11. The van der Waals surface area contributed by atoms with Gasteiger partial charge in [-0.25, -0.2) is 9.98 Å². The highest BCUT2D eigenvalue weighted by Crippen LogP contribution is 2.31. The van der Waals surface area contributed by atoms with Gasteiger partial charge in [0.1, 0.15) is 5.01 Å². The number of alkyl halides is 3. The van der Waals surface area contributed by atoms with Gasteiger partial charge in [-0.3, -0.25) is 0 Å². The molecule has 0 bridgehead atoms. The molecular weight excluding hydrogens is 472 g/mol. The van der Waals surface area contributed by atoms with Crippen LogP contribution in [0.1, 0.15) is 10.7 Å². The first-order valence-corrected chi connectivity index (χ1v) is 7.52. The number of aliphatic imine (C=N–C) groups is 1. The molecule has 1 aromatic heterocycles. The van der Waals surface area contributed by atoms with Crippen LogP contribution >= 0.6 is 35.3 Å². The van der Waals surface area contributed by atoms with E-state index in [4.69, 9.17) is 15.2 Å². The van der Waals surface area contributed by atoms with E-state index in [1.165, 1.54) is 14.2 Å². The summed E-state index contributed by atoms with van der Waals surface area (Å²) in [4.78, 5) is 7.45. The standard InChI is InChI=1S/C14H15F3N4O2S.HI/c1-22-9-4-3-8(5-10(9)23-2)20-13(18)19-6-12-21-11(7-24-12)14(15,16)17;/h3-5,7H,6H2,1-2H3,(H3,18,19,20);1H. The van der Waals surface area contributed by atoms with Gasteiger partial charge < -0.3 is 20.5 Å². The molecule has 0 saturated carbocycles. The highest BCUT2D eigenvalue weighted by Gasteiger charge is 2.33. The molecule has 6 nitrogen and oxygen atoms in total. The Morgan fingerprint density at radius 3 is 2.52 bits per heavy atom. The molecule has 2 rings (SSSR count). The predicted molar refractivity (Wildman–Crippen MR) is 101 cm³/mol. The average Bonchev–Trinajstić information content (AvgIpc) is 3.02. The molecule has 0 amide bonds. The van der Waals surface area contributed by atoms with Crippen LogP contribution in [0.3, 0.4) is 0 Å². The van der Waals surface area contributed by atoms with Crippen molar-refractivity contribution in [2.45, 2.75) is 12.7 Å². The van der Waals surface area contributed by atoms with Crippen molar-refractivity contribution >= 4 is 47.0 Å². The van der Waals surface area contributed by atoms with Crippen LogP contribution in [0.2, 0.25) is 0 Å². The maximum Gasteiger partial charge on any atom is 0.434 e. The Kier molecular flexibility index (Phi) is 7.73. The number of hydrogen-bond donors (Lipinski definition) is 2. The summed E-state index contributed by atoms with van der Waals surface area (Å²) < 4.78 is 47.7. The lowest BCUT2D eigenvalue weighted by molar-refractivity contribution is -0.140. The highest BCUT2D eigenvalue weighted by atomic mass is 127. The van der Waals surface area contributed by atoms with E-state index in [0.717, 1.165) is 16.7 Å². The normalized spacial score (nSPS) is 11.6. The third-order valence-corrected chi connectivity index (χ3v) is 3.72. The van der Waals surface area contributed by atoms with Crippen molar-refractivity contribution in [2.75, 3.05) is 19.5 Å². The third-order valence-electron chi connectivity index (χ3n) is 2.88. The molecule has 0 unspecified atom stereocenters. The van der Waals surface area contributed by atoms with Crippen molar-refractivity contribution in [1.82, 2.24) is 4.98 Å². The lowest BCUT2D eigenvalue weighted by atomic mass is 10.3. The Morgan fingerprint density at radius 2 is 1.96 bits per heavy atom. The Labute approximate surface area is 163 Å². The minimum Gasteiger partial charge on any atom is -0.493 e. The van der Waals surface area contributed by atoms with Crippen molar-refractivity contribution in [3.05, 3.63) is 34.3 Å². The monoisotopic (exact) mass is 488 g/mol. The quantitative estimate of drug-likeness (QED) is 0.381. The molecule has 0 aliphatic heterocycles. The lowest BCUT2D eigenvalue weighted by Crippen LogP contribution is -2.22. The Morgan fingerprint density at radius 1 is 1.28 bits per heavy atom. The maximum atomic E-state index is 12.5. The van der Waals surface area contributed by atoms with Crippen LogP contribution in [0.15, 0.2) is 28.6 Å². The zero-order valence-corrected chi connectivity index (χ0v) is 16.4. The minimum atomic E-state index is -4.46. The number of ether oxygens (including phenoxy) is 2. The summed E-state index contributed by atoms with van der Waals surface area (Å²) in [7, 11) is 3.02. The van der Waals surface area contributed by atoms with Gasteiger partial charge in [-0.1, -0.05) is 0 Å². The highest BCUT2D eigenvalue weighted by molar-refractivity contribution is 14.0. The number of rotatable bonds is 5. The van der Waals surface area contributed by atoms with Crippen LogP contribution in [-0.4, -0.2) is 25.2 Å². The van der Waals surface area contributed by atoms with Crippen LogP contribution in [0.25, 0.3) is 0 Å². The van der Waals surface area contributed by atoms with Crippen molar-refractivity contribution in [3.63, 3.8) is 0 Å². The lowest BCUT2D eigenvalue weighted by Gasteiger charge is -2.10. The van der Waals surface area contributed by atoms with Gasteiger partial charge in [0.15, 0.2) is 23.2 Å². The number of aromatic nitrogens is 1. The molecule has 0 aliphatic carbocycles. The van der Waals surface area contributed by atoms with Crippen molar-refractivity contribution in [3.8, 4) is 11.5 Å². The smallest absolute Gasteiger partial charge is 0.434 e. The second kappa shape index (κ2) is 9.08. The predicted octanol–water partition coefficient (Wildman–Crippen LogP) is 3.72. The largest absolute Gasteiger partial charge is 0.493 e. The molecular formula is C14H16F3IN4O2S. The molecule has 0 fully saturated rings. The SMILES string of the molecule is COc1ccc(NC(N)=NCc2nc(C(F)(F)F)cs2)cc1OC.I. The number of nitrogens with one attached hydrogen (secondary N) is 1. The number of nitrogens with zero attached hydrogens (tertiary/aromatic N) is 2. The first kappa shape index (κ1) is 21.3. The van der Waals surface area contributed by atoms with Gasteiger partial charge in [-0.2, -0.15) is 13.2 Å². The van der Waals surface area contributed by atoms with Crippen molar-refractivity contribution in [2.24, 2.45) is 10.7 Å². The summed E-state index contributed by atoms with van der Waals surface area (Å²) in [5.41, 5.74) is 5.40. The maximum absolute atomic E-state index is 12.5. The van der Waals surface area contributed by atoms with Crippen LogP contribution in [0.4, 0.5) is 18.9 Å². The summed E-state index contributed by atoms with van der Waals surface area (Å²) in [6, 6.07) is 5.05. The van der Waals surface area contributed by atoms with E-state index in [2.05, 4.69) is 15.3 Å². The summed E-state index contributed by atoms with van der Waals surface area (Å²) in [5, 5.41) is 3.99. The molecule has 0 atom stereocenters. The van der Waals surface area contributed by atoms with Gasteiger partial charge in [0, 0.05) is 17.1 Å². The Hall–Kier alpha value is -1.76. The Balaban J connectivity index is 0.00000312. The summed E-state index contributed by atoms with van der Waals surface area (Å²) >= 11 is 0.878. The molecule has 0 saturated heterocycles. The van der Waals surface area contributed by atoms with Gasteiger partial charge in [-0.05, 0) is 12.1 Å². The van der Waals surface area contributed by atoms with E-state index < -0.39 is 11.9 Å². The van der Waals surface area contributed by atoms with E-state index in [9.17, 15) is 13.2 Å². The second-order valence-electron chi connectivity index (χ2n) is 4.52. The number of halogens is 4. The number of thiazole rings is 1. The third kappa shape index (κ3) is 5.92. The summed E-state index contributed by atoms with van der Waals surface area (Å²) in [6.45, 7) is -0.0487. The van der Waals surface area contributed by atoms with Gasteiger partial charge in [-0.15, -0.1) is 35.3 Å². The Bertz CT molecular complexity index is 737. The van der Waals surface area contributed by atoms with Crippen molar-refractivity contribution in [1.29, 1.82) is 0 Å². The van der Waals surface area contributed by atoms with E-state index in [1.807, 2.05) is 0 Å². The first-order chi connectivity index (χ1) is 11.3. The van der Waals surface area contributed by atoms with Crippen LogP contribution in [-0.2, 0) is 12.7 Å². The van der Waals surface area contributed by atoms with Crippen molar-refractivity contribution < 1.29 is 22.6 Å². The molecule has 1 heterocycles. The molecule has 0 aliphatic rings. The topological polar surface area (TPSA) is 81.8 Å². The van der Waals surface area contributed by atoms with Crippen LogP contribution in [0, 0.1) is 0 Å². The first-order valence-electron chi connectivity index (χ1n) is 6.64. The molecule has 0 radical (unpaired) electrons.